The summed E-state index contributed by atoms with van der Waals surface area (Å²) in [6, 6.07) is 9.05. The summed E-state index contributed by atoms with van der Waals surface area (Å²) in [4.78, 5) is 9.68. The zero-order chi connectivity index (χ0) is 10.9. The molecule has 5 heteroatoms. The number of nitrogens with two attached hydrogens (primary N) is 1. The third kappa shape index (κ3) is 2.29. The fourth-order valence-corrected chi connectivity index (χ4v) is 3.45. The summed E-state index contributed by atoms with van der Waals surface area (Å²) in [5, 5.41) is 0. The van der Waals surface area contributed by atoms with Gasteiger partial charge in [0.05, 0.1) is 12.3 Å². The van der Waals surface area contributed by atoms with Crippen molar-refractivity contribution in [2.75, 3.05) is 6.61 Å². The van der Waals surface area contributed by atoms with E-state index in [9.17, 15) is 9.46 Å². The third-order valence-electron chi connectivity index (χ3n) is 2.58. The van der Waals surface area contributed by atoms with Gasteiger partial charge in [0.2, 0.25) is 0 Å². The van der Waals surface area contributed by atoms with E-state index >= 15 is 0 Å². The first-order chi connectivity index (χ1) is 7.09. The smallest absolute Gasteiger partial charge is 0.326 e. The maximum atomic E-state index is 11.8. The maximum Gasteiger partial charge on any atom is 0.335 e. The molecule has 1 heterocycles. The molecule has 1 aromatic rings. The predicted octanol–water partition coefficient (Wildman–Crippen LogP) is 1.66. The highest BCUT2D eigenvalue weighted by Crippen LogP contribution is 2.60. The normalized spacial score (nSPS) is 36.4. The molecule has 0 aromatic heterocycles. The molecule has 0 saturated carbocycles. The van der Waals surface area contributed by atoms with Gasteiger partial charge in [-0.2, -0.15) is 0 Å². The lowest BCUT2D eigenvalue weighted by molar-refractivity contribution is 0.201. The van der Waals surface area contributed by atoms with E-state index in [1.54, 1.807) is 0 Å². The first-order valence-corrected chi connectivity index (χ1v) is 6.52. The number of hydrogen-bond donors (Lipinski definition) is 2. The van der Waals surface area contributed by atoms with E-state index < -0.39 is 13.3 Å². The summed E-state index contributed by atoms with van der Waals surface area (Å²) in [5.41, 5.74) is 6.06. The van der Waals surface area contributed by atoms with E-state index in [-0.39, 0.29) is 12.6 Å². The van der Waals surface area contributed by atoms with Crippen LogP contribution < -0.4 is 5.73 Å². The molecule has 1 fully saturated rings. The highest BCUT2D eigenvalue weighted by molar-refractivity contribution is 7.53. The van der Waals surface area contributed by atoms with Gasteiger partial charge in [-0.3, -0.25) is 4.57 Å². The Hall–Kier alpha value is -0.670. The highest BCUT2D eigenvalue weighted by Gasteiger charge is 2.39. The SMILES string of the molecule is N[C@@H]1COP(=O)(O)[C@H](c2ccccc2)C1. The Morgan fingerprint density at radius 3 is 2.73 bits per heavy atom. The Morgan fingerprint density at radius 1 is 1.40 bits per heavy atom. The zero-order valence-corrected chi connectivity index (χ0v) is 9.14. The molecule has 1 aliphatic heterocycles. The summed E-state index contributed by atoms with van der Waals surface area (Å²) in [6.45, 7) is 0.164. The fourth-order valence-electron chi connectivity index (χ4n) is 1.78. The Kier molecular flexibility index (Phi) is 2.94. The molecule has 2 rings (SSSR count). The van der Waals surface area contributed by atoms with Crippen molar-refractivity contribution < 1.29 is 14.0 Å². The minimum atomic E-state index is -3.54. The van der Waals surface area contributed by atoms with E-state index in [0.29, 0.717) is 6.42 Å². The van der Waals surface area contributed by atoms with Crippen LogP contribution in [0.5, 0.6) is 0 Å². The summed E-state index contributed by atoms with van der Waals surface area (Å²) in [7, 11) is -3.54. The van der Waals surface area contributed by atoms with Crippen LogP contribution in [-0.4, -0.2) is 17.5 Å². The van der Waals surface area contributed by atoms with E-state index in [1.807, 2.05) is 30.3 Å². The molecule has 0 bridgehead atoms. The van der Waals surface area contributed by atoms with Crippen LogP contribution in [0.25, 0.3) is 0 Å². The van der Waals surface area contributed by atoms with Gasteiger partial charge < -0.3 is 15.2 Å². The number of rotatable bonds is 1. The molecule has 0 aliphatic carbocycles. The highest BCUT2D eigenvalue weighted by atomic mass is 31.2. The van der Waals surface area contributed by atoms with E-state index in [2.05, 4.69) is 0 Å². The molecule has 0 radical (unpaired) electrons. The summed E-state index contributed by atoms with van der Waals surface area (Å²) >= 11 is 0. The van der Waals surface area contributed by atoms with E-state index in [4.69, 9.17) is 10.3 Å². The lowest BCUT2D eigenvalue weighted by atomic mass is 10.1. The van der Waals surface area contributed by atoms with Gasteiger partial charge in [0, 0.05) is 6.04 Å². The molecular formula is C10H14NO3P. The average Bonchev–Trinajstić information content (AvgIpc) is 2.23. The Bertz CT molecular complexity index is 382. The lowest BCUT2D eigenvalue weighted by Gasteiger charge is -2.31. The Morgan fingerprint density at radius 2 is 2.07 bits per heavy atom. The third-order valence-corrected chi connectivity index (χ3v) is 4.39. The van der Waals surface area contributed by atoms with Crippen LogP contribution in [0.3, 0.4) is 0 Å². The molecule has 0 spiro atoms. The van der Waals surface area contributed by atoms with Gasteiger partial charge >= 0.3 is 7.60 Å². The van der Waals surface area contributed by atoms with Crippen LogP contribution in [0.4, 0.5) is 0 Å². The van der Waals surface area contributed by atoms with Crippen molar-refractivity contribution in [3.63, 3.8) is 0 Å². The molecule has 4 nitrogen and oxygen atoms in total. The molecule has 82 valence electrons. The van der Waals surface area contributed by atoms with Gasteiger partial charge in [0.25, 0.3) is 0 Å². The van der Waals surface area contributed by atoms with Crippen molar-refractivity contribution >= 4 is 7.60 Å². The summed E-state index contributed by atoms with van der Waals surface area (Å²) in [6.07, 6.45) is 0.498. The van der Waals surface area contributed by atoms with Crippen LogP contribution in [0.1, 0.15) is 17.6 Å². The minimum Gasteiger partial charge on any atom is -0.326 e. The molecule has 3 atom stereocenters. The Labute approximate surface area is 88.6 Å². The van der Waals surface area contributed by atoms with Crippen LogP contribution in [0.15, 0.2) is 30.3 Å². The van der Waals surface area contributed by atoms with Gasteiger partial charge in [0.15, 0.2) is 0 Å². The second-order valence-corrected chi connectivity index (χ2v) is 5.79. The first-order valence-electron chi connectivity index (χ1n) is 4.87. The number of benzene rings is 1. The second-order valence-electron chi connectivity index (χ2n) is 3.78. The van der Waals surface area contributed by atoms with Gasteiger partial charge in [0.1, 0.15) is 0 Å². The molecule has 15 heavy (non-hydrogen) atoms. The molecule has 0 amide bonds. The lowest BCUT2D eigenvalue weighted by Crippen LogP contribution is -2.32. The standard InChI is InChI=1S/C10H14NO3P/c11-9-6-10(15(12,13)14-7-9)8-4-2-1-3-5-8/h1-5,9-10H,6-7,11H2,(H,12,13)/t9-,10-/m0/s1. The van der Waals surface area contributed by atoms with Gasteiger partial charge in [-0.05, 0) is 12.0 Å². The van der Waals surface area contributed by atoms with Gasteiger partial charge in [-0.15, -0.1) is 0 Å². The maximum absolute atomic E-state index is 11.8. The van der Waals surface area contributed by atoms with Gasteiger partial charge in [-0.25, -0.2) is 0 Å². The van der Waals surface area contributed by atoms with E-state index in [1.165, 1.54) is 0 Å². The quantitative estimate of drug-likeness (QED) is 0.715. The van der Waals surface area contributed by atoms with Crippen LogP contribution >= 0.6 is 7.60 Å². The molecule has 1 aliphatic rings. The molecule has 1 unspecified atom stereocenters. The zero-order valence-electron chi connectivity index (χ0n) is 8.24. The first kappa shape index (κ1) is 10.8. The van der Waals surface area contributed by atoms with Crippen molar-refractivity contribution in [1.29, 1.82) is 0 Å². The van der Waals surface area contributed by atoms with Crippen molar-refractivity contribution in [2.24, 2.45) is 5.73 Å². The van der Waals surface area contributed by atoms with Gasteiger partial charge in [-0.1, -0.05) is 30.3 Å². The molecule has 3 N–H and O–H groups in total. The van der Waals surface area contributed by atoms with Crippen molar-refractivity contribution in [3.05, 3.63) is 35.9 Å². The predicted molar refractivity (Wildman–Crippen MR) is 57.6 cm³/mol. The summed E-state index contributed by atoms with van der Waals surface area (Å²) < 4.78 is 16.7. The van der Waals surface area contributed by atoms with Crippen LogP contribution in [0.2, 0.25) is 0 Å². The molecular weight excluding hydrogens is 213 g/mol. The van der Waals surface area contributed by atoms with Crippen LogP contribution in [0, 0.1) is 0 Å². The largest absolute Gasteiger partial charge is 0.335 e. The monoisotopic (exact) mass is 227 g/mol. The minimum absolute atomic E-state index is 0.163. The van der Waals surface area contributed by atoms with Crippen molar-refractivity contribution in [1.82, 2.24) is 0 Å². The Balaban J connectivity index is 2.30. The summed E-state index contributed by atoms with van der Waals surface area (Å²) in [5.74, 6) is 0. The van der Waals surface area contributed by atoms with Crippen molar-refractivity contribution in [2.45, 2.75) is 18.1 Å². The fraction of sp³-hybridized carbons (Fsp3) is 0.400. The molecule has 1 saturated heterocycles. The molecule has 1 aromatic carbocycles. The number of hydrogen-bond acceptors (Lipinski definition) is 3. The van der Waals surface area contributed by atoms with Crippen LogP contribution in [-0.2, 0) is 9.09 Å². The second kappa shape index (κ2) is 4.06. The topological polar surface area (TPSA) is 72.5 Å². The average molecular weight is 227 g/mol. The van der Waals surface area contributed by atoms with Crippen molar-refractivity contribution in [3.8, 4) is 0 Å². The van der Waals surface area contributed by atoms with E-state index in [0.717, 1.165) is 5.56 Å².